The van der Waals surface area contributed by atoms with Crippen molar-refractivity contribution in [3.8, 4) is 6.07 Å². The molecule has 0 saturated carbocycles. The van der Waals surface area contributed by atoms with Crippen LogP contribution in [0.25, 0.3) is 0 Å². The Labute approximate surface area is 107 Å². The molecule has 4 nitrogen and oxygen atoms in total. The summed E-state index contributed by atoms with van der Waals surface area (Å²) in [5.74, 6) is -0.410. The third kappa shape index (κ3) is 4.56. The number of nitrogens with zero attached hydrogens (tertiary/aromatic N) is 1. The van der Waals surface area contributed by atoms with Crippen LogP contribution in [0.2, 0.25) is 0 Å². The van der Waals surface area contributed by atoms with Gasteiger partial charge < -0.3 is 10.5 Å². The molecule has 1 atom stereocenters. The van der Waals surface area contributed by atoms with E-state index in [0.717, 1.165) is 5.56 Å². The van der Waals surface area contributed by atoms with Crippen molar-refractivity contribution in [2.45, 2.75) is 38.8 Å². The van der Waals surface area contributed by atoms with Gasteiger partial charge in [-0.15, -0.1) is 0 Å². The Morgan fingerprint density at radius 1 is 1.39 bits per heavy atom. The minimum atomic E-state index is -0.683. The highest BCUT2D eigenvalue weighted by molar-refractivity contribution is 5.76. The SMILES string of the molecule is CC(C)(C)OC(=O)[C@H](N)Cc1ccc(C#N)cc1. The van der Waals surface area contributed by atoms with Gasteiger partial charge in [-0.1, -0.05) is 12.1 Å². The predicted molar refractivity (Wildman–Crippen MR) is 68.7 cm³/mol. The number of rotatable bonds is 3. The van der Waals surface area contributed by atoms with Gasteiger partial charge in [-0.2, -0.15) is 5.26 Å². The maximum atomic E-state index is 11.7. The van der Waals surface area contributed by atoms with Crippen LogP contribution < -0.4 is 5.73 Å². The second-order valence-corrected chi connectivity index (χ2v) is 5.15. The van der Waals surface area contributed by atoms with Crippen molar-refractivity contribution in [3.63, 3.8) is 0 Å². The average molecular weight is 246 g/mol. The number of carbonyl (C=O) groups is 1. The lowest BCUT2D eigenvalue weighted by Crippen LogP contribution is -2.38. The number of carbonyl (C=O) groups excluding carboxylic acids is 1. The monoisotopic (exact) mass is 246 g/mol. The highest BCUT2D eigenvalue weighted by Crippen LogP contribution is 2.11. The summed E-state index contributed by atoms with van der Waals surface area (Å²) in [6.45, 7) is 5.41. The highest BCUT2D eigenvalue weighted by Gasteiger charge is 2.22. The van der Waals surface area contributed by atoms with E-state index in [-0.39, 0.29) is 0 Å². The van der Waals surface area contributed by atoms with Gasteiger partial charge >= 0.3 is 5.97 Å². The van der Waals surface area contributed by atoms with E-state index in [0.29, 0.717) is 12.0 Å². The fraction of sp³-hybridized carbons (Fsp3) is 0.429. The first-order chi connectivity index (χ1) is 8.31. The molecule has 1 rings (SSSR count). The lowest BCUT2D eigenvalue weighted by atomic mass is 10.0. The third-order valence-electron chi connectivity index (χ3n) is 2.25. The van der Waals surface area contributed by atoms with Crippen molar-refractivity contribution >= 4 is 5.97 Å². The standard InChI is InChI=1S/C14H18N2O2/c1-14(2,3)18-13(17)12(16)8-10-4-6-11(9-15)7-5-10/h4-7,12H,8,16H2,1-3H3/t12-/m1/s1. The molecule has 0 radical (unpaired) electrons. The van der Waals surface area contributed by atoms with Gasteiger partial charge in [0.25, 0.3) is 0 Å². The first-order valence-electron chi connectivity index (χ1n) is 5.79. The normalized spacial score (nSPS) is 12.6. The maximum absolute atomic E-state index is 11.7. The van der Waals surface area contributed by atoms with Gasteiger partial charge in [-0.3, -0.25) is 4.79 Å². The molecule has 1 aromatic carbocycles. The summed E-state index contributed by atoms with van der Waals surface area (Å²) in [6.07, 6.45) is 0.403. The van der Waals surface area contributed by atoms with Gasteiger partial charge in [0, 0.05) is 0 Å². The maximum Gasteiger partial charge on any atom is 0.323 e. The summed E-state index contributed by atoms with van der Waals surface area (Å²) in [5.41, 5.74) is 6.76. The molecule has 96 valence electrons. The summed E-state index contributed by atoms with van der Waals surface area (Å²) in [4.78, 5) is 11.7. The lowest BCUT2D eigenvalue weighted by molar-refractivity contribution is -0.156. The number of esters is 1. The van der Waals surface area contributed by atoms with Gasteiger partial charge in [0.15, 0.2) is 0 Å². The highest BCUT2D eigenvalue weighted by atomic mass is 16.6. The fourth-order valence-electron chi connectivity index (χ4n) is 1.43. The number of benzene rings is 1. The number of hydrogen-bond donors (Lipinski definition) is 1. The van der Waals surface area contributed by atoms with Crippen molar-refractivity contribution in [1.29, 1.82) is 5.26 Å². The molecule has 0 fully saturated rings. The van der Waals surface area contributed by atoms with Crippen molar-refractivity contribution in [1.82, 2.24) is 0 Å². The van der Waals surface area contributed by atoms with Gasteiger partial charge in [-0.05, 0) is 44.9 Å². The minimum Gasteiger partial charge on any atom is -0.459 e. The molecular weight excluding hydrogens is 228 g/mol. The molecule has 0 aliphatic rings. The molecule has 0 aromatic heterocycles. The van der Waals surface area contributed by atoms with E-state index >= 15 is 0 Å². The summed E-state index contributed by atoms with van der Waals surface area (Å²) < 4.78 is 5.20. The van der Waals surface area contributed by atoms with E-state index < -0.39 is 17.6 Å². The van der Waals surface area contributed by atoms with E-state index in [1.54, 1.807) is 45.0 Å². The Balaban J connectivity index is 2.61. The molecule has 2 N–H and O–H groups in total. The van der Waals surface area contributed by atoms with Crippen LogP contribution in [0.5, 0.6) is 0 Å². The largest absolute Gasteiger partial charge is 0.459 e. The summed E-state index contributed by atoms with van der Waals surface area (Å²) in [7, 11) is 0. The van der Waals surface area contributed by atoms with Gasteiger partial charge in [0.1, 0.15) is 11.6 Å². The van der Waals surface area contributed by atoms with E-state index in [1.165, 1.54) is 0 Å². The van der Waals surface area contributed by atoms with Crippen LogP contribution in [0, 0.1) is 11.3 Å². The van der Waals surface area contributed by atoms with Crippen LogP contribution in [0.3, 0.4) is 0 Å². The zero-order chi connectivity index (χ0) is 13.8. The zero-order valence-electron chi connectivity index (χ0n) is 10.9. The molecular formula is C14H18N2O2. The molecule has 0 amide bonds. The topological polar surface area (TPSA) is 76.1 Å². The van der Waals surface area contributed by atoms with Gasteiger partial charge in [-0.25, -0.2) is 0 Å². The Hall–Kier alpha value is -1.86. The fourth-order valence-corrected chi connectivity index (χ4v) is 1.43. The molecule has 0 heterocycles. The number of ether oxygens (including phenoxy) is 1. The molecule has 4 heteroatoms. The van der Waals surface area contributed by atoms with Crippen LogP contribution >= 0.6 is 0 Å². The van der Waals surface area contributed by atoms with Gasteiger partial charge in [0.05, 0.1) is 11.6 Å². The molecule has 0 spiro atoms. The second-order valence-electron chi connectivity index (χ2n) is 5.15. The van der Waals surface area contributed by atoms with E-state index in [4.69, 9.17) is 15.7 Å². The van der Waals surface area contributed by atoms with Crippen molar-refractivity contribution in [3.05, 3.63) is 35.4 Å². The van der Waals surface area contributed by atoms with Crippen LogP contribution in [-0.4, -0.2) is 17.6 Å². The third-order valence-corrected chi connectivity index (χ3v) is 2.25. The average Bonchev–Trinajstić information content (AvgIpc) is 2.27. The molecule has 0 aliphatic carbocycles. The number of nitriles is 1. The molecule has 0 aliphatic heterocycles. The molecule has 1 aromatic rings. The Morgan fingerprint density at radius 2 is 1.94 bits per heavy atom. The van der Waals surface area contributed by atoms with Crippen LogP contribution in [0.15, 0.2) is 24.3 Å². The van der Waals surface area contributed by atoms with Crippen molar-refractivity contribution in [2.24, 2.45) is 5.73 Å². The lowest BCUT2D eigenvalue weighted by Gasteiger charge is -2.22. The van der Waals surface area contributed by atoms with Crippen LogP contribution in [0.4, 0.5) is 0 Å². The summed E-state index contributed by atoms with van der Waals surface area (Å²) in [6, 6.07) is 8.36. The smallest absolute Gasteiger partial charge is 0.323 e. The zero-order valence-corrected chi connectivity index (χ0v) is 10.9. The van der Waals surface area contributed by atoms with Gasteiger partial charge in [0.2, 0.25) is 0 Å². The van der Waals surface area contributed by atoms with Crippen molar-refractivity contribution < 1.29 is 9.53 Å². The molecule has 0 unspecified atom stereocenters. The Morgan fingerprint density at radius 3 is 2.39 bits per heavy atom. The van der Waals surface area contributed by atoms with Crippen LogP contribution in [-0.2, 0) is 16.0 Å². The van der Waals surface area contributed by atoms with E-state index in [1.807, 2.05) is 6.07 Å². The molecule has 18 heavy (non-hydrogen) atoms. The Bertz CT molecular complexity index is 452. The second kappa shape index (κ2) is 5.65. The molecule has 0 bridgehead atoms. The first-order valence-corrected chi connectivity index (χ1v) is 5.79. The first kappa shape index (κ1) is 14.2. The quantitative estimate of drug-likeness (QED) is 0.825. The van der Waals surface area contributed by atoms with Crippen LogP contribution in [0.1, 0.15) is 31.9 Å². The van der Waals surface area contributed by atoms with E-state index in [2.05, 4.69) is 0 Å². The summed E-state index contributed by atoms with van der Waals surface area (Å²) in [5, 5.41) is 8.68. The predicted octanol–water partition coefficient (Wildman–Crippen LogP) is 1.77. The molecule has 0 saturated heterocycles. The van der Waals surface area contributed by atoms with Crippen molar-refractivity contribution in [2.75, 3.05) is 0 Å². The number of nitrogens with two attached hydrogens (primary N) is 1. The number of hydrogen-bond acceptors (Lipinski definition) is 4. The minimum absolute atomic E-state index is 0.403. The summed E-state index contributed by atoms with van der Waals surface area (Å²) >= 11 is 0. The Kier molecular flexibility index (Phi) is 4.46. The van der Waals surface area contributed by atoms with E-state index in [9.17, 15) is 4.79 Å².